The van der Waals surface area contributed by atoms with E-state index in [2.05, 4.69) is 17.9 Å². The van der Waals surface area contributed by atoms with E-state index in [1.54, 1.807) is 19.1 Å². The largest absolute Gasteiger partial charge is 0.353 e. The van der Waals surface area contributed by atoms with Crippen LogP contribution >= 0.6 is 12.6 Å². The lowest BCUT2D eigenvalue weighted by Gasteiger charge is -2.21. The van der Waals surface area contributed by atoms with Gasteiger partial charge in [0.25, 0.3) is 0 Å². The molecule has 5 heteroatoms. The van der Waals surface area contributed by atoms with E-state index in [1.165, 1.54) is 6.92 Å². The molecule has 0 bridgehead atoms. The maximum absolute atomic E-state index is 12.7. The maximum atomic E-state index is 12.7. The molecule has 1 N–H and O–H groups in total. The molecular formula is C19H23NO3S. The Hall–Kier alpha value is -2.14. The van der Waals surface area contributed by atoms with E-state index in [9.17, 15) is 14.4 Å². The molecule has 128 valence electrons. The van der Waals surface area contributed by atoms with Crippen molar-refractivity contribution >= 4 is 35.5 Å². The van der Waals surface area contributed by atoms with E-state index < -0.39 is 17.1 Å². The van der Waals surface area contributed by atoms with E-state index in [1.807, 2.05) is 43.3 Å². The summed E-state index contributed by atoms with van der Waals surface area (Å²) in [6.45, 7) is 4.83. The summed E-state index contributed by atoms with van der Waals surface area (Å²) in [4.78, 5) is 35.6. The van der Waals surface area contributed by atoms with E-state index >= 15 is 0 Å². The third-order valence-corrected chi connectivity index (χ3v) is 3.84. The van der Waals surface area contributed by atoms with Gasteiger partial charge < -0.3 is 5.32 Å². The number of hydrogen-bond acceptors (Lipinski definition) is 3. The highest BCUT2D eigenvalue weighted by Crippen LogP contribution is 2.17. The van der Waals surface area contributed by atoms with Crippen LogP contribution in [0.1, 0.15) is 32.8 Å². The molecule has 1 aromatic rings. The standard InChI is InChI=1S/C19H23NO3S/c1-4-16(12-8-11-15-9-6-5-7-10-15)18(22)17(19(23)24)13(2)20-14(3)21/h5-13,17H,4H2,1-3H3,(H,20,21)(H,23,24)/b11-8+,16-12+/t13?,17-/m0/s1. The number of thiol groups is 1. The Bertz CT molecular complexity index is 650. The summed E-state index contributed by atoms with van der Waals surface area (Å²) in [7, 11) is 0. The second kappa shape index (κ2) is 9.88. The van der Waals surface area contributed by atoms with Crippen molar-refractivity contribution in [1.82, 2.24) is 5.32 Å². The van der Waals surface area contributed by atoms with Crippen LogP contribution in [0.4, 0.5) is 0 Å². The summed E-state index contributed by atoms with van der Waals surface area (Å²) in [5.41, 5.74) is 1.54. The molecule has 4 nitrogen and oxygen atoms in total. The lowest BCUT2D eigenvalue weighted by atomic mass is 9.91. The Morgan fingerprint density at radius 1 is 1.21 bits per heavy atom. The normalized spacial score (nSPS) is 14.2. The topological polar surface area (TPSA) is 63.2 Å². The molecule has 0 heterocycles. The third-order valence-electron chi connectivity index (χ3n) is 3.56. The zero-order valence-corrected chi connectivity index (χ0v) is 15.0. The minimum atomic E-state index is -0.992. The zero-order chi connectivity index (χ0) is 18.1. The van der Waals surface area contributed by atoms with Gasteiger partial charge in [-0.2, -0.15) is 0 Å². The van der Waals surface area contributed by atoms with E-state index in [0.717, 1.165) is 5.56 Å². The molecule has 0 aliphatic carbocycles. The number of allylic oxidation sites excluding steroid dienone is 3. The van der Waals surface area contributed by atoms with Gasteiger partial charge in [-0.15, -0.1) is 12.6 Å². The highest BCUT2D eigenvalue weighted by atomic mass is 32.1. The fourth-order valence-corrected chi connectivity index (χ4v) is 2.71. The Labute approximate surface area is 148 Å². The Balaban J connectivity index is 2.96. The van der Waals surface area contributed by atoms with Crippen LogP contribution in [0.2, 0.25) is 0 Å². The van der Waals surface area contributed by atoms with Crippen molar-refractivity contribution in [1.29, 1.82) is 0 Å². The average molecular weight is 345 g/mol. The van der Waals surface area contributed by atoms with Gasteiger partial charge in [0.05, 0.1) is 0 Å². The predicted octanol–water partition coefficient (Wildman–Crippen LogP) is 3.20. The van der Waals surface area contributed by atoms with Gasteiger partial charge in [-0.05, 0) is 24.5 Å². The molecule has 0 aromatic heterocycles. The van der Waals surface area contributed by atoms with Gasteiger partial charge in [0.2, 0.25) is 5.91 Å². The van der Waals surface area contributed by atoms with Gasteiger partial charge in [0, 0.05) is 13.0 Å². The number of Topliss-reactive ketones (excluding diaryl/α,β-unsaturated/α-hetero) is 1. The molecule has 0 saturated carbocycles. The van der Waals surface area contributed by atoms with Crippen molar-refractivity contribution in [2.45, 2.75) is 33.2 Å². The first-order chi connectivity index (χ1) is 11.4. The van der Waals surface area contributed by atoms with Crippen molar-refractivity contribution in [2.75, 3.05) is 0 Å². The number of carbonyl (C=O) groups excluding carboxylic acids is 3. The van der Waals surface area contributed by atoms with Crippen LogP contribution in [0, 0.1) is 5.92 Å². The summed E-state index contributed by atoms with van der Waals surface area (Å²) in [5, 5.41) is 2.04. The Kier molecular flexibility index (Phi) is 8.19. The van der Waals surface area contributed by atoms with E-state index in [4.69, 9.17) is 0 Å². The van der Waals surface area contributed by atoms with Gasteiger partial charge in [-0.1, -0.05) is 55.5 Å². The molecule has 0 aliphatic rings. The highest BCUT2D eigenvalue weighted by molar-refractivity contribution is 7.96. The SMILES string of the molecule is CC/C(=C\C=C\c1ccccc1)C(=O)[C@@H](C(=O)S)C(C)NC(C)=O. The maximum Gasteiger partial charge on any atom is 0.217 e. The van der Waals surface area contributed by atoms with Crippen LogP contribution < -0.4 is 5.32 Å². The molecule has 0 fully saturated rings. The summed E-state index contributed by atoms with van der Waals surface area (Å²) >= 11 is 3.82. The minimum absolute atomic E-state index is 0.291. The van der Waals surface area contributed by atoms with Crippen LogP contribution in [0.25, 0.3) is 6.08 Å². The quantitative estimate of drug-likeness (QED) is 0.329. The Morgan fingerprint density at radius 3 is 2.33 bits per heavy atom. The average Bonchev–Trinajstić information content (AvgIpc) is 2.51. The first kappa shape index (κ1) is 19.9. The predicted molar refractivity (Wildman–Crippen MR) is 99.6 cm³/mol. The molecule has 2 atom stereocenters. The zero-order valence-electron chi connectivity index (χ0n) is 14.2. The second-order valence-electron chi connectivity index (χ2n) is 5.48. The fourth-order valence-electron chi connectivity index (χ4n) is 2.37. The molecule has 1 rings (SSSR count). The number of ketones is 1. The number of amides is 1. The summed E-state index contributed by atoms with van der Waals surface area (Å²) < 4.78 is 0. The Morgan fingerprint density at radius 2 is 1.83 bits per heavy atom. The van der Waals surface area contributed by atoms with Crippen molar-refractivity contribution < 1.29 is 14.4 Å². The number of rotatable bonds is 8. The van der Waals surface area contributed by atoms with Crippen molar-refractivity contribution in [3.05, 3.63) is 53.6 Å². The lowest BCUT2D eigenvalue weighted by molar-refractivity contribution is -0.127. The summed E-state index contributed by atoms with van der Waals surface area (Å²) in [5.74, 6) is -1.59. The highest BCUT2D eigenvalue weighted by Gasteiger charge is 2.31. The van der Waals surface area contributed by atoms with Gasteiger partial charge in [0.15, 0.2) is 10.9 Å². The lowest BCUT2D eigenvalue weighted by Crippen LogP contribution is -2.43. The molecule has 0 aliphatic heterocycles. The molecule has 1 amide bonds. The van der Waals surface area contributed by atoms with Crippen LogP contribution in [0.3, 0.4) is 0 Å². The second-order valence-corrected chi connectivity index (χ2v) is 5.93. The summed E-state index contributed by atoms with van der Waals surface area (Å²) in [6.07, 6.45) is 5.87. The van der Waals surface area contributed by atoms with Crippen LogP contribution in [-0.4, -0.2) is 22.8 Å². The molecule has 0 radical (unpaired) electrons. The van der Waals surface area contributed by atoms with Gasteiger partial charge >= 0.3 is 0 Å². The first-order valence-corrected chi connectivity index (χ1v) is 8.28. The fraction of sp³-hybridized carbons (Fsp3) is 0.316. The molecule has 0 spiro atoms. The van der Waals surface area contributed by atoms with E-state index in [-0.39, 0.29) is 11.7 Å². The monoisotopic (exact) mass is 345 g/mol. The smallest absolute Gasteiger partial charge is 0.217 e. The van der Waals surface area contributed by atoms with Crippen molar-refractivity contribution in [3.8, 4) is 0 Å². The number of hydrogen-bond donors (Lipinski definition) is 2. The van der Waals surface area contributed by atoms with Gasteiger partial charge in [-0.25, -0.2) is 0 Å². The number of nitrogens with one attached hydrogen (secondary N) is 1. The van der Waals surface area contributed by atoms with Crippen LogP contribution in [0.15, 0.2) is 48.1 Å². The molecule has 0 saturated heterocycles. The molecule has 1 unspecified atom stereocenters. The van der Waals surface area contributed by atoms with Crippen LogP contribution in [0.5, 0.6) is 0 Å². The van der Waals surface area contributed by atoms with Crippen molar-refractivity contribution in [3.63, 3.8) is 0 Å². The van der Waals surface area contributed by atoms with Crippen LogP contribution in [-0.2, 0) is 14.4 Å². The first-order valence-electron chi connectivity index (χ1n) is 7.83. The van der Waals surface area contributed by atoms with Crippen molar-refractivity contribution in [2.24, 2.45) is 5.92 Å². The molecule has 24 heavy (non-hydrogen) atoms. The van der Waals surface area contributed by atoms with E-state index in [0.29, 0.717) is 12.0 Å². The number of carbonyl (C=O) groups is 3. The van der Waals surface area contributed by atoms with Gasteiger partial charge in [-0.3, -0.25) is 14.4 Å². The molecular weight excluding hydrogens is 322 g/mol. The summed E-state index contributed by atoms with van der Waals surface area (Å²) in [6, 6.07) is 9.10. The molecule has 1 aromatic carbocycles. The third kappa shape index (κ3) is 6.16. The minimum Gasteiger partial charge on any atom is -0.353 e. The van der Waals surface area contributed by atoms with Gasteiger partial charge in [0.1, 0.15) is 5.92 Å². The number of benzene rings is 1.